The van der Waals surface area contributed by atoms with E-state index in [9.17, 15) is 14.9 Å². The highest BCUT2D eigenvalue weighted by Gasteiger charge is 2.10. The van der Waals surface area contributed by atoms with Crippen LogP contribution in [0.15, 0.2) is 47.6 Å². The van der Waals surface area contributed by atoms with Crippen LogP contribution in [-0.2, 0) is 0 Å². The van der Waals surface area contributed by atoms with Gasteiger partial charge in [0, 0.05) is 23.3 Å². The first kappa shape index (κ1) is 15.9. The summed E-state index contributed by atoms with van der Waals surface area (Å²) in [4.78, 5) is 22.0. The molecule has 0 radical (unpaired) electrons. The van der Waals surface area contributed by atoms with Gasteiger partial charge in [-0.3, -0.25) is 14.9 Å². The van der Waals surface area contributed by atoms with Gasteiger partial charge in [0.05, 0.1) is 21.2 Å². The largest absolute Gasteiger partial charge is 0.271 e. The van der Waals surface area contributed by atoms with Crippen molar-refractivity contribution in [1.29, 1.82) is 0 Å². The Hall–Kier alpha value is -2.44. The van der Waals surface area contributed by atoms with Crippen molar-refractivity contribution in [2.75, 3.05) is 0 Å². The van der Waals surface area contributed by atoms with Crippen LogP contribution in [0.2, 0.25) is 10.0 Å². The average Bonchev–Trinajstić information content (AvgIpc) is 2.50. The standard InChI is InChI=1S/C14H9Cl2N3O3/c15-12-5-2-6-13(16)11(12)8-17-18-14(20)9-3-1-4-10(7-9)19(21)22/h1-8H,(H,18,20)/b17-8+. The summed E-state index contributed by atoms with van der Waals surface area (Å²) in [5.41, 5.74) is 2.67. The summed E-state index contributed by atoms with van der Waals surface area (Å²) in [6.45, 7) is 0. The maximum Gasteiger partial charge on any atom is 0.271 e. The van der Waals surface area contributed by atoms with Crippen LogP contribution in [0.25, 0.3) is 0 Å². The molecule has 2 aromatic carbocycles. The van der Waals surface area contributed by atoms with Gasteiger partial charge >= 0.3 is 0 Å². The summed E-state index contributed by atoms with van der Waals surface area (Å²) >= 11 is 11.9. The third-order valence-electron chi connectivity index (χ3n) is 2.68. The van der Waals surface area contributed by atoms with E-state index in [1.165, 1.54) is 24.4 Å². The zero-order valence-electron chi connectivity index (χ0n) is 11.0. The molecule has 112 valence electrons. The second kappa shape index (κ2) is 7.02. The Kier molecular flexibility index (Phi) is 5.08. The minimum absolute atomic E-state index is 0.122. The van der Waals surface area contributed by atoms with E-state index in [0.717, 1.165) is 6.07 Å². The van der Waals surface area contributed by atoms with Gasteiger partial charge in [0.1, 0.15) is 0 Å². The van der Waals surface area contributed by atoms with Gasteiger partial charge in [-0.05, 0) is 18.2 Å². The number of halogens is 2. The third kappa shape index (κ3) is 3.81. The molecule has 0 atom stereocenters. The second-order valence-electron chi connectivity index (χ2n) is 4.14. The Morgan fingerprint density at radius 1 is 1.18 bits per heavy atom. The third-order valence-corrected chi connectivity index (χ3v) is 3.34. The molecule has 0 unspecified atom stereocenters. The fourth-order valence-corrected chi connectivity index (χ4v) is 2.11. The molecular weight excluding hydrogens is 329 g/mol. The van der Waals surface area contributed by atoms with E-state index < -0.39 is 10.8 Å². The first-order valence-corrected chi connectivity index (χ1v) is 6.76. The summed E-state index contributed by atoms with van der Waals surface area (Å²) in [5.74, 6) is -0.580. The molecule has 22 heavy (non-hydrogen) atoms. The second-order valence-corrected chi connectivity index (χ2v) is 4.96. The first-order valence-electron chi connectivity index (χ1n) is 6.01. The van der Waals surface area contributed by atoms with Crippen molar-refractivity contribution in [1.82, 2.24) is 5.43 Å². The van der Waals surface area contributed by atoms with E-state index in [0.29, 0.717) is 15.6 Å². The summed E-state index contributed by atoms with van der Waals surface area (Å²) in [6.07, 6.45) is 1.31. The van der Waals surface area contributed by atoms with Crippen LogP contribution in [0.4, 0.5) is 5.69 Å². The molecule has 2 rings (SSSR count). The lowest BCUT2D eigenvalue weighted by molar-refractivity contribution is -0.384. The molecule has 0 aliphatic carbocycles. The van der Waals surface area contributed by atoms with Gasteiger partial charge in [-0.15, -0.1) is 0 Å². The van der Waals surface area contributed by atoms with Crippen LogP contribution in [-0.4, -0.2) is 17.0 Å². The van der Waals surface area contributed by atoms with E-state index in [2.05, 4.69) is 10.5 Å². The molecule has 0 aliphatic heterocycles. The lowest BCUT2D eigenvalue weighted by Gasteiger charge is -2.02. The molecule has 0 aromatic heterocycles. The average molecular weight is 338 g/mol. The smallest absolute Gasteiger partial charge is 0.267 e. The summed E-state index contributed by atoms with van der Waals surface area (Å²) in [7, 11) is 0. The predicted octanol–water partition coefficient (Wildman–Crippen LogP) is 3.67. The highest BCUT2D eigenvalue weighted by Crippen LogP contribution is 2.22. The normalized spacial score (nSPS) is 10.6. The Balaban J connectivity index is 2.11. The maximum atomic E-state index is 11.9. The Labute approximate surface area is 135 Å². The number of hydrogen-bond donors (Lipinski definition) is 1. The molecule has 0 fully saturated rings. The molecule has 0 spiro atoms. The van der Waals surface area contributed by atoms with Crippen LogP contribution in [0.3, 0.4) is 0 Å². The van der Waals surface area contributed by atoms with Crippen LogP contribution in [0.1, 0.15) is 15.9 Å². The molecule has 8 heteroatoms. The number of nitrogens with one attached hydrogen (secondary N) is 1. The van der Waals surface area contributed by atoms with Crippen LogP contribution >= 0.6 is 23.2 Å². The van der Waals surface area contributed by atoms with Crippen LogP contribution < -0.4 is 5.43 Å². The molecule has 1 amide bonds. The van der Waals surface area contributed by atoms with Gasteiger partial charge in [-0.1, -0.05) is 35.3 Å². The van der Waals surface area contributed by atoms with Gasteiger partial charge in [0.15, 0.2) is 0 Å². The van der Waals surface area contributed by atoms with Gasteiger partial charge in [-0.25, -0.2) is 5.43 Å². The minimum atomic E-state index is -0.580. The van der Waals surface area contributed by atoms with Gasteiger partial charge < -0.3 is 0 Å². The lowest BCUT2D eigenvalue weighted by Crippen LogP contribution is -2.17. The summed E-state index contributed by atoms with van der Waals surface area (Å²) in [6, 6.07) is 10.3. The Morgan fingerprint density at radius 2 is 1.82 bits per heavy atom. The lowest BCUT2D eigenvalue weighted by atomic mass is 10.2. The molecule has 0 aliphatic rings. The van der Waals surface area contributed by atoms with E-state index >= 15 is 0 Å². The number of hydrazone groups is 1. The number of nitro benzene ring substituents is 1. The zero-order chi connectivity index (χ0) is 16.1. The summed E-state index contributed by atoms with van der Waals surface area (Å²) < 4.78 is 0. The molecule has 0 saturated heterocycles. The van der Waals surface area contributed by atoms with Gasteiger partial charge in [-0.2, -0.15) is 5.10 Å². The molecule has 0 heterocycles. The molecule has 2 aromatic rings. The van der Waals surface area contributed by atoms with Crippen molar-refractivity contribution in [3.8, 4) is 0 Å². The number of nitrogens with zero attached hydrogens (tertiary/aromatic N) is 2. The monoisotopic (exact) mass is 337 g/mol. The number of nitro groups is 1. The van der Waals surface area contributed by atoms with Crippen LogP contribution in [0, 0.1) is 10.1 Å². The zero-order valence-corrected chi connectivity index (χ0v) is 12.5. The quantitative estimate of drug-likeness (QED) is 0.524. The molecule has 6 nitrogen and oxygen atoms in total. The maximum absolute atomic E-state index is 11.9. The Morgan fingerprint density at radius 3 is 2.45 bits per heavy atom. The number of non-ortho nitro benzene ring substituents is 1. The van der Waals surface area contributed by atoms with Crippen molar-refractivity contribution in [3.63, 3.8) is 0 Å². The van der Waals surface area contributed by atoms with Crippen LogP contribution in [0.5, 0.6) is 0 Å². The van der Waals surface area contributed by atoms with Gasteiger partial charge in [0.25, 0.3) is 11.6 Å². The SMILES string of the molecule is O=C(N/N=C/c1c(Cl)cccc1Cl)c1cccc([N+](=O)[O-])c1. The first-order chi connectivity index (χ1) is 10.5. The molecule has 0 bridgehead atoms. The fourth-order valence-electron chi connectivity index (χ4n) is 1.61. The van der Waals surface area contributed by atoms with Crippen molar-refractivity contribution in [3.05, 3.63) is 73.8 Å². The molecule has 1 N–H and O–H groups in total. The highest BCUT2D eigenvalue weighted by molar-refractivity contribution is 6.38. The number of hydrogen-bond acceptors (Lipinski definition) is 4. The van der Waals surface area contributed by atoms with E-state index in [-0.39, 0.29) is 11.3 Å². The topological polar surface area (TPSA) is 84.6 Å². The highest BCUT2D eigenvalue weighted by atomic mass is 35.5. The summed E-state index contributed by atoms with van der Waals surface area (Å²) in [5, 5.41) is 15.2. The predicted molar refractivity (Wildman–Crippen MR) is 84.6 cm³/mol. The number of rotatable bonds is 4. The van der Waals surface area contributed by atoms with Crippen molar-refractivity contribution in [2.45, 2.75) is 0 Å². The number of carbonyl (C=O) groups is 1. The molecule has 0 saturated carbocycles. The van der Waals surface area contributed by atoms with E-state index in [4.69, 9.17) is 23.2 Å². The minimum Gasteiger partial charge on any atom is -0.267 e. The fraction of sp³-hybridized carbons (Fsp3) is 0. The van der Waals surface area contributed by atoms with E-state index in [1.807, 2.05) is 0 Å². The van der Waals surface area contributed by atoms with Crippen molar-refractivity contribution < 1.29 is 9.72 Å². The van der Waals surface area contributed by atoms with Crippen molar-refractivity contribution >= 4 is 41.0 Å². The number of benzene rings is 2. The van der Waals surface area contributed by atoms with Gasteiger partial charge in [0.2, 0.25) is 0 Å². The van der Waals surface area contributed by atoms with E-state index in [1.54, 1.807) is 18.2 Å². The molecular formula is C14H9Cl2N3O3. The number of carbonyl (C=O) groups excluding carboxylic acids is 1. The Bertz CT molecular complexity index is 742. The van der Waals surface area contributed by atoms with Crippen molar-refractivity contribution in [2.24, 2.45) is 5.10 Å². The number of amides is 1.